The Morgan fingerprint density at radius 1 is 1.00 bits per heavy atom. The van der Waals surface area contributed by atoms with E-state index in [1.54, 1.807) is 20.8 Å². The SMILES string of the molecule is CC(C)(C)OC(=O)C[N+]1(CCNC(=O)OC(C)(C)C)CCC(C(=O)[O-])CC1. The molecular formula is C19H34N2O6. The number of carboxylic acid groups (broad SMARTS) is 1. The van der Waals surface area contributed by atoms with Gasteiger partial charge in [-0.2, -0.15) is 0 Å². The fraction of sp³-hybridized carbons (Fsp3) is 0.842. The molecule has 0 atom stereocenters. The number of carbonyl (C=O) groups is 3. The number of hydrogen-bond acceptors (Lipinski definition) is 6. The third kappa shape index (κ3) is 9.08. The molecule has 0 radical (unpaired) electrons. The molecule has 1 saturated heterocycles. The third-order valence-corrected chi connectivity index (χ3v) is 4.38. The van der Waals surface area contributed by atoms with Gasteiger partial charge in [0.15, 0.2) is 6.54 Å². The molecule has 0 unspecified atom stereocenters. The van der Waals surface area contributed by atoms with Gasteiger partial charge < -0.3 is 29.2 Å². The Balaban J connectivity index is 2.70. The van der Waals surface area contributed by atoms with E-state index in [9.17, 15) is 19.5 Å². The van der Waals surface area contributed by atoms with Gasteiger partial charge in [0.05, 0.1) is 26.2 Å². The van der Waals surface area contributed by atoms with Crippen LogP contribution in [0.25, 0.3) is 0 Å². The first-order chi connectivity index (χ1) is 12.2. The van der Waals surface area contributed by atoms with Crippen LogP contribution in [-0.4, -0.2) is 66.4 Å². The van der Waals surface area contributed by atoms with Crippen molar-refractivity contribution in [2.45, 2.75) is 65.6 Å². The fourth-order valence-corrected chi connectivity index (χ4v) is 3.17. The predicted molar refractivity (Wildman–Crippen MR) is 97.5 cm³/mol. The normalized spacial score (nSPS) is 23.4. The molecule has 1 heterocycles. The predicted octanol–water partition coefficient (Wildman–Crippen LogP) is 0.830. The van der Waals surface area contributed by atoms with Crippen LogP contribution in [0.15, 0.2) is 0 Å². The number of quaternary nitrogens is 1. The van der Waals surface area contributed by atoms with E-state index >= 15 is 0 Å². The fourth-order valence-electron chi connectivity index (χ4n) is 3.17. The lowest BCUT2D eigenvalue weighted by Crippen LogP contribution is -2.59. The highest BCUT2D eigenvalue weighted by atomic mass is 16.6. The number of carbonyl (C=O) groups excluding carboxylic acids is 3. The number of hydrogen-bond donors (Lipinski definition) is 1. The van der Waals surface area contributed by atoms with Crippen LogP contribution in [0.2, 0.25) is 0 Å². The summed E-state index contributed by atoms with van der Waals surface area (Å²) in [7, 11) is 0. The zero-order valence-electron chi connectivity index (χ0n) is 17.4. The Morgan fingerprint density at radius 3 is 1.96 bits per heavy atom. The van der Waals surface area contributed by atoms with Gasteiger partial charge in [-0.05, 0) is 41.5 Å². The Labute approximate surface area is 161 Å². The van der Waals surface area contributed by atoms with Gasteiger partial charge in [-0.3, -0.25) is 0 Å². The number of aliphatic carboxylic acids is 1. The van der Waals surface area contributed by atoms with Gasteiger partial charge in [0.25, 0.3) is 0 Å². The summed E-state index contributed by atoms with van der Waals surface area (Å²) >= 11 is 0. The van der Waals surface area contributed by atoms with E-state index in [-0.39, 0.29) is 12.5 Å². The lowest BCUT2D eigenvalue weighted by Gasteiger charge is -2.43. The number of nitrogens with zero attached hydrogens (tertiary/aromatic N) is 1. The highest BCUT2D eigenvalue weighted by Crippen LogP contribution is 2.24. The number of likely N-dealkylation sites (tertiary alicyclic amines) is 1. The summed E-state index contributed by atoms with van der Waals surface area (Å²) in [5.41, 5.74) is -1.17. The van der Waals surface area contributed by atoms with E-state index in [1.165, 1.54) is 0 Å². The van der Waals surface area contributed by atoms with Crippen molar-refractivity contribution in [3.05, 3.63) is 0 Å². The smallest absolute Gasteiger partial charge is 0.407 e. The van der Waals surface area contributed by atoms with Gasteiger partial charge in [-0.25, -0.2) is 9.59 Å². The van der Waals surface area contributed by atoms with E-state index in [0.29, 0.717) is 43.5 Å². The third-order valence-electron chi connectivity index (χ3n) is 4.38. The van der Waals surface area contributed by atoms with Crippen LogP contribution in [-0.2, 0) is 19.1 Å². The molecule has 1 fully saturated rings. The van der Waals surface area contributed by atoms with Crippen molar-refractivity contribution in [2.24, 2.45) is 5.92 Å². The summed E-state index contributed by atoms with van der Waals surface area (Å²) in [6.07, 6.45) is 0.373. The summed E-state index contributed by atoms with van der Waals surface area (Å²) in [5, 5.41) is 13.8. The van der Waals surface area contributed by atoms with Crippen molar-refractivity contribution in [3.8, 4) is 0 Å². The molecule has 1 aliphatic rings. The Kier molecular flexibility index (Phi) is 7.66. The maximum Gasteiger partial charge on any atom is 0.407 e. The second kappa shape index (κ2) is 8.91. The molecule has 0 aliphatic carbocycles. The number of piperidine rings is 1. The van der Waals surface area contributed by atoms with Gasteiger partial charge in [-0.15, -0.1) is 0 Å². The van der Waals surface area contributed by atoms with Crippen LogP contribution in [0.4, 0.5) is 4.79 Å². The maximum atomic E-state index is 12.4. The van der Waals surface area contributed by atoms with E-state index < -0.39 is 29.2 Å². The van der Waals surface area contributed by atoms with Crippen molar-refractivity contribution < 1.29 is 33.4 Å². The minimum atomic E-state index is -1.04. The van der Waals surface area contributed by atoms with Gasteiger partial charge in [0.1, 0.15) is 11.2 Å². The Bertz CT molecular complexity index is 539. The van der Waals surface area contributed by atoms with Gasteiger partial charge in [-0.1, -0.05) is 0 Å². The monoisotopic (exact) mass is 386 g/mol. The zero-order chi connectivity index (χ0) is 20.9. The van der Waals surface area contributed by atoms with Crippen molar-refractivity contribution in [3.63, 3.8) is 0 Å². The zero-order valence-corrected chi connectivity index (χ0v) is 17.4. The summed E-state index contributed by atoms with van der Waals surface area (Å²) in [5.74, 6) is -1.86. The maximum absolute atomic E-state index is 12.4. The second-order valence-corrected chi connectivity index (χ2v) is 9.28. The van der Waals surface area contributed by atoms with E-state index in [4.69, 9.17) is 9.47 Å². The lowest BCUT2D eigenvalue weighted by molar-refractivity contribution is -0.925. The van der Waals surface area contributed by atoms with Crippen LogP contribution < -0.4 is 10.4 Å². The average molecular weight is 386 g/mol. The van der Waals surface area contributed by atoms with Crippen LogP contribution >= 0.6 is 0 Å². The molecule has 0 aromatic heterocycles. The highest BCUT2D eigenvalue weighted by Gasteiger charge is 2.37. The van der Waals surface area contributed by atoms with Gasteiger partial charge in [0.2, 0.25) is 0 Å². The Morgan fingerprint density at radius 2 is 1.52 bits per heavy atom. The van der Waals surface area contributed by atoms with Gasteiger partial charge >= 0.3 is 12.1 Å². The standard InChI is InChI=1S/C19H34N2O6/c1-18(2,3)26-15(22)13-21(10-7-14(8-11-21)16(23)24)12-9-20-17(25)27-19(4,5)6/h14H,7-13H2,1-6H3,(H-,20,23,24,25). The largest absolute Gasteiger partial charge is 0.550 e. The number of amides is 1. The molecule has 8 nitrogen and oxygen atoms in total. The van der Waals surface area contributed by atoms with E-state index in [1.807, 2.05) is 20.8 Å². The number of rotatable bonds is 6. The molecule has 1 N–H and O–H groups in total. The minimum absolute atomic E-state index is 0.146. The Hall–Kier alpha value is -1.83. The molecule has 0 saturated carbocycles. The molecule has 1 amide bonds. The molecule has 1 aliphatic heterocycles. The molecule has 0 bridgehead atoms. The first-order valence-corrected chi connectivity index (χ1v) is 9.46. The number of alkyl carbamates (subject to hydrolysis) is 1. The van der Waals surface area contributed by atoms with Crippen LogP contribution in [0.3, 0.4) is 0 Å². The van der Waals surface area contributed by atoms with E-state index in [2.05, 4.69) is 5.32 Å². The molecule has 0 aromatic rings. The summed E-state index contributed by atoms with van der Waals surface area (Å²) < 4.78 is 11.0. The number of carboxylic acids is 1. The van der Waals surface area contributed by atoms with Crippen LogP contribution in [0.5, 0.6) is 0 Å². The van der Waals surface area contributed by atoms with Gasteiger partial charge in [0, 0.05) is 24.7 Å². The number of esters is 1. The molecule has 0 aromatic carbocycles. The first kappa shape index (κ1) is 23.2. The topological polar surface area (TPSA) is 105 Å². The molecule has 8 heteroatoms. The van der Waals surface area contributed by atoms with Crippen LogP contribution in [0.1, 0.15) is 54.4 Å². The van der Waals surface area contributed by atoms with E-state index in [0.717, 1.165) is 0 Å². The lowest BCUT2D eigenvalue weighted by atomic mass is 9.95. The molecular weight excluding hydrogens is 352 g/mol. The van der Waals surface area contributed by atoms with Crippen LogP contribution in [0, 0.1) is 5.92 Å². The van der Waals surface area contributed by atoms with Crippen molar-refractivity contribution in [2.75, 3.05) is 32.7 Å². The second-order valence-electron chi connectivity index (χ2n) is 9.28. The number of nitrogens with one attached hydrogen (secondary N) is 1. The molecule has 156 valence electrons. The highest BCUT2D eigenvalue weighted by molar-refractivity contribution is 5.71. The summed E-state index contributed by atoms with van der Waals surface area (Å²) in [6.45, 7) is 12.8. The minimum Gasteiger partial charge on any atom is -0.550 e. The summed E-state index contributed by atoms with van der Waals surface area (Å²) in [4.78, 5) is 35.3. The summed E-state index contributed by atoms with van der Waals surface area (Å²) in [6, 6.07) is 0. The first-order valence-electron chi connectivity index (χ1n) is 9.46. The van der Waals surface area contributed by atoms with Crippen molar-refractivity contribution in [1.82, 2.24) is 5.32 Å². The van der Waals surface area contributed by atoms with Crippen molar-refractivity contribution >= 4 is 18.0 Å². The molecule has 27 heavy (non-hydrogen) atoms. The molecule has 1 rings (SSSR count). The number of ether oxygens (including phenoxy) is 2. The van der Waals surface area contributed by atoms with Crippen molar-refractivity contribution in [1.29, 1.82) is 0 Å². The average Bonchev–Trinajstić information content (AvgIpc) is 2.43. The molecule has 0 spiro atoms. The quantitative estimate of drug-likeness (QED) is 0.535.